The number of hydrogen-bond acceptors (Lipinski definition) is 3. The van der Waals surface area contributed by atoms with Crippen LogP contribution in [0.2, 0.25) is 0 Å². The third-order valence-corrected chi connectivity index (χ3v) is 0. The van der Waals surface area contributed by atoms with Crippen LogP contribution in [0.5, 0.6) is 0 Å². The second-order valence-electron chi connectivity index (χ2n) is 0.250. The Balaban J connectivity index is -0.0000000183. The zero-order valence-electron chi connectivity index (χ0n) is 5.14. The molecule has 8 heavy (non-hydrogen) atoms. The molecular weight excluding hydrogens is 162 g/mol. The smallest absolute Gasteiger partial charge is 0.652 e. The van der Waals surface area contributed by atoms with Crippen molar-refractivity contribution in [2.24, 2.45) is 0 Å². The summed E-state index contributed by atoms with van der Waals surface area (Å²) < 4.78 is 0. The van der Waals surface area contributed by atoms with Crippen molar-refractivity contribution in [3.05, 3.63) is 13.2 Å². The predicted octanol–water partition coefficient (Wildman–Crippen LogP) is -7.64. The van der Waals surface area contributed by atoms with E-state index < -0.39 is 6.16 Å². The third kappa shape index (κ3) is 84.3. The van der Waals surface area contributed by atoms with Gasteiger partial charge in [-0.3, -0.25) is 0 Å². The topological polar surface area (TPSA) is 63.2 Å². The van der Waals surface area contributed by atoms with E-state index in [0.717, 1.165) is 0 Å². The van der Waals surface area contributed by atoms with Gasteiger partial charge in [-0.1, -0.05) is 0 Å². The van der Waals surface area contributed by atoms with Gasteiger partial charge in [0.05, 0.1) is 0 Å². The van der Waals surface area contributed by atoms with Crippen LogP contribution in [0.15, 0.2) is 13.2 Å². The van der Waals surface area contributed by atoms with Crippen molar-refractivity contribution in [1.82, 2.24) is 0 Å². The maximum atomic E-state index is 8.33. The Bertz CT molecular complexity index is 43.8. The Morgan fingerprint density at radius 1 is 1.12 bits per heavy atom. The minimum absolute atomic E-state index is 0. The Morgan fingerprint density at radius 3 is 1.12 bits per heavy atom. The first-order valence-corrected chi connectivity index (χ1v) is 1.11. The van der Waals surface area contributed by atoms with Gasteiger partial charge in [-0.15, -0.1) is 13.2 Å². The van der Waals surface area contributed by atoms with E-state index in [4.69, 9.17) is 15.0 Å². The zero-order chi connectivity index (χ0) is 5.58. The molecule has 36 valence electrons. The van der Waals surface area contributed by atoms with Crippen LogP contribution < -0.4 is 113 Å². The SMILES string of the molecule is C=C.O=C([O-])[O-].[K+].[K+]. The van der Waals surface area contributed by atoms with Crippen LogP contribution in [0, 0.1) is 0 Å². The van der Waals surface area contributed by atoms with E-state index in [1.54, 1.807) is 0 Å². The van der Waals surface area contributed by atoms with E-state index in [-0.39, 0.29) is 103 Å². The van der Waals surface area contributed by atoms with E-state index in [9.17, 15) is 0 Å². The summed E-state index contributed by atoms with van der Waals surface area (Å²) in [4.78, 5) is 8.33. The van der Waals surface area contributed by atoms with Gasteiger partial charge >= 0.3 is 103 Å². The molecule has 0 aromatic heterocycles. The van der Waals surface area contributed by atoms with Gasteiger partial charge in [0, 0.05) is 0 Å². The molecule has 0 aromatic rings. The van der Waals surface area contributed by atoms with Crippen LogP contribution >= 0.6 is 0 Å². The molecule has 0 saturated carbocycles. The fourth-order valence-electron chi connectivity index (χ4n) is 0. The van der Waals surface area contributed by atoms with Gasteiger partial charge in [-0.05, 0) is 6.16 Å². The summed E-state index contributed by atoms with van der Waals surface area (Å²) >= 11 is 0. The molecule has 5 heteroatoms. The molecule has 0 aromatic carbocycles. The molecule has 0 heterocycles. The standard InChI is InChI=1S/C2H4.CH2O3.2K/c1-2;2-1(3)4;;/h1-2H2;(H2,2,3,4);;/q;;2*+1/p-2. The summed E-state index contributed by atoms with van der Waals surface area (Å²) in [6.45, 7) is 6.00. The van der Waals surface area contributed by atoms with E-state index >= 15 is 0 Å². The monoisotopic (exact) mass is 166 g/mol. The molecule has 0 fully saturated rings. The summed E-state index contributed by atoms with van der Waals surface area (Å²) in [5.41, 5.74) is 0. The number of carboxylic acid groups (broad SMARTS) is 2. The molecule has 0 spiro atoms. The minimum atomic E-state index is -2.33. The van der Waals surface area contributed by atoms with Crippen molar-refractivity contribution in [2.45, 2.75) is 0 Å². The molecule has 0 aliphatic heterocycles. The summed E-state index contributed by atoms with van der Waals surface area (Å²) in [5, 5.41) is 16.7. The number of hydrogen-bond donors (Lipinski definition) is 0. The van der Waals surface area contributed by atoms with Crippen molar-refractivity contribution >= 4 is 6.16 Å². The summed E-state index contributed by atoms with van der Waals surface area (Å²) in [7, 11) is 0. The Morgan fingerprint density at radius 2 is 1.12 bits per heavy atom. The average Bonchev–Trinajstić information content (AvgIpc) is 1.41. The van der Waals surface area contributed by atoms with Gasteiger partial charge in [-0.25, -0.2) is 0 Å². The van der Waals surface area contributed by atoms with Gasteiger partial charge < -0.3 is 15.0 Å². The fourth-order valence-corrected chi connectivity index (χ4v) is 0. The Labute approximate surface area is 133 Å². The first-order chi connectivity index (χ1) is 2.73. The van der Waals surface area contributed by atoms with Crippen LogP contribution in [0.3, 0.4) is 0 Å². The predicted molar refractivity (Wildman–Crippen MR) is 16.7 cm³/mol. The molecule has 0 bridgehead atoms. The molecular formula is C3H4K2O3. The second-order valence-corrected chi connectivity index (χ2v) is 0.250. The molecule has 0 radical (unpaired) electrons. The van der Waals surface area contributed by atoms with E-state index in [2.05, 4.69) is 13.2 Å². The minimum Gasteiger partial charge on any atom is -0.652 e. The van der Waals surface area contributed by atoms with Crippen molar-refractivity contribution < 1.29 is 118 Å². The van der Waals surface area contributed by atoms with Crippen LogP contribution in [0.1, 0.15) is 0 Å². The Kier molecular flexibility index (Phi) is 64.0. The van der Waals surface area contributed by atoms with Gasteiger partial charge in [0.15, 0.2) is 0 Å². The summed E-state index contributed by atoms with van der Waals surface area (Å²) in [6.07, 6.45) is -2.33. The maximum Gasteiger partial charge on any atom is 1.00 e. The van der Waals surface area contributed by atoms with Crippen LogP contribution in [-0.4, -0.2) is 6.16 Å². The summed E-state index contributed by atoms with van der Waals surface area (Å²) in [6, 6.07) is 0. The fraction of sp³-hybridized carbons (Fsp3) is 0. The molecule has 0 aliphatic carbocycles. The quantitative estimate of drug-likeness (QED) is 0.265. The average molecular weight is 166 g/mol. The molecule has 0 saturated heterocycles. The van der Waals surface area contributed by atoms with E-state index in [1.165, 1.54) is 0 Å². The van der Waals surface area contributed by atoms with Crippen molar-refractivity contribution in [1.29, 1.82) is 0 Å². The molecule has 0 amide bonds. The maximum absolute atomic E-state index is 8.33. The largest absolute Gasteiger partial charge is 1.00 e. The zero-order valence-corrected chi connectivity index (χ0v) is 11.4. The molecule has 0 aliphatic rings. The number of carbonyl (C=O) groups excluding carboxylic acids is 1. The van der Waals surface area contributed by atoms with Gasteiger partial charge in [0.1, 0.15) is 0 Å². The van der Waals surface area contributed by atoms with Crippen molar-refractivity contribution in [3.8, 4) is 0 Å². The second kappa shape index (κ2) is 22.8. The third-order valence-electron chi connectivity index (χ3n) is 0. The molecule has 0 N–H and O–H groups in total. The van der Waals surface area contributed by atoms with Gasteiger partial charge in [0.25, 0.3) is 0 Å². The van der Waals surface area contributed by atoms with Crippen LogP contribution in [0.25, 0.3) is 0 Å². The number of rotatable bonds is 0. The Hall–Kier alpha value is 2.28. The van der Waals surface area contributed by atoms with Crippen LogP contribution in [-0.2, 0) is 0 Å². The number of carbonyl (C=O) groups is 1. The molecule has 0 atom stereocenters. The first-order valence-electron chi connectivity index (χ1n) is 1.11. The molecule has 0 rings (SSSR count). The van der Waals surface area contributed by atoms with Gasteiger partial charge in [0.2, 0.25) is 0 Å². The molecule has 3 nitrogen and oxygen atoms in total. The van der Waals surface area contributed by atoms with E-state index in [0.29, 0.717) is 0 Å². The normalized spacial score (nSPS) is 3.50. The first kappa shape index (κ1) is 22.4. The van der Waals surface area contributed by atoms with Crippen molar-refractivity contribution in [2.75, 3.05) is 0 Å². The van der Waals surface area contributed by atoms with E-state index in [1.807, 2.05) is 0 Å². The molecule has 0 unspecified atom stereocenters. The van der Waals surface area contributed by atoms with Crippen LogP contribution in [0.4, 0.5) is 4.79 Å². The van der Waals surface area contributed by atoms with Crippen molar-refractivity contribution in [3.63, 3.8) is 0 Å². The summed E-state index contributed by atoms with van der Waals surface area (Å²) in [5.74, 6) is 0. The van der Waals surface area contributed by atoms with Gasteiger partial charge in [-0.2, -0.15) is 0 Å².